The molecule has 0 saturated heterocycles. The minimum absolute atomic E-state index is 0.0790. The van der Waals surface area contributed by atoms with Crippen molar-refractivity contribution >= 4 is 56.7 Å². The van der Waals surface area contributed by atoms with Crippen molar-refractivity contribution in [3.63, 3.8) is 0 Å². The molecule has 0 bridgehead atoms. The first kappa shape index (κ1) is 16.8. The van der Waals surface area contributed by atoms with Gasteiger partial charge in [-0.25, -0.2) is 9.37 Å². The van der Waals surface area contributed by atoms with Gasteiger partial charge in [0, 0.05) is 52.4 Å². The second-order valence-corrected chi connectivity index (χ2v) is 6.82. The maximum Gasteiger partial charge on any atom is 0.143 e. The minimum atomic E-state index is -0.486. The van der Waals surface area contributed by atoms with Gasteiger partial charge in [0.1, 0.15) is 11.6 Å². The van der Waals surface area contributed by atoms with Crippen molar-refractivity contribution in [1.82, 2.24) is 9.97 Å². The fourth-order valence-electron chi connectivity index (χ4n) is 3.29. The summed E-state index contributed by atoms with van der Waals surface area (Å²) in [6, 6.07) is 12.5. The molecule has 3 heterocycles. The standard InChI is InChI=1S/C21H13ClFN5/c22-17-4-2-13(10-18(17)23)26-21-15-5-7-24-11-16(15)14-3-1-12(9-20(14)27-21)19-6-8-25-28-19/h1-5,7-11H,6H2,(H,26,27). The summed E-state index contributed by atoms with van der Waals surface area (Å²) < 4.78 is 13.8. The van der Waals surface area contributed by atoms with Crippen LogP contribution >= 0.6 is 11.6 Å². The quantitative estimate of drug-likeness (QED) is 0.471. The van der Waals surface area contributed by atoms with E-state index in [0.29, 0.717) is 17.9 Å². The van der Waals surface area contributed by atoms with Gasteiger partial charge in [-0.1, -0.05) is 23.7 Å². The van der Waals surface area contributed by atoms with Gasteiger partial charge in [0.05, 0.1) is 16.3 Å². The summed E-state index contributed by atoms with van der Waals surface area (Å²) in [5.74, 6) is 0.133. The molecule has 136 valence electrons. The monoisotopic (exact) mass is 389 g/mol. The number of halogens is 2. The highest BCUT2D eigenvalue weighted by Gasteiger charge is 2.13. The van der Waals surface area contributed by atoms with Gasteiger partial charge < -0.3 is 5.32 Å². The van der Waals surface area contributed by atoms with E-state index >= 15 is 0 Å². The number of nitrogens with zero attached hydrogens (tertiary/aromatic N) is 4. The lowest BCUT2D eigenvalue weighted by Gasteiger charge is -2.12. The van der Waals surface area contributed by atoms with Crippen LogP contribution in [0.1, 0.15) is 12.0 Å². The second kappa shape index (κ2) is 6.65. The van der Waals surface area contributed by atoms with Crippen LogP contribution in [-0.4, -0.2) is 21.9 Å². The number of nitrogens with one attached hydrogen (secondary N) is 1. The summed E-state index contributed by atoms with van der Waals surface area (Å²) in [6.45, 7) is 0. The van der Waals surface area contributed by atoms with Crippen LogP contribution in [-0.2, 0) is 0 Å². The highest BCUT2D eigenvalue weighted by Crippen LogP contribution is 2.32. The van der Waals surface area contributed by atoms with E-state index in [1.165, 1.54) is 12.1 Å². The predicted molar refractivity (Wildman–Crippen MR) is 111 cm³/mol. The summed E-state index contributed by atoms with van der Waals surface area (Å²) in [5.41, 5.74) is 3.25. The van der Waals surface area contributed by atoms with Crippen LogP contribution in [0, 0.1) is 5.82 Å². The Balaban J connectivity index is 1.68. The van der Waals surface area contributed by atoms with Crippen LogP contribution in [0.5, 0.6) is 0 Å². The smallest absolute Gasteiger partial charge is 0.143 e. The Morgan fingerprint density at radius 1 is 1.00 bits per heavy atom. The number of pyridine rings is 2. The summed E-state index contributed by atoms with van der Waals surface area (Å²) in [6.07, 6.45) is 6.00. The molecule has 0 fully saturated rings. The molecule has 1 aliphatic heterocycles. The fourth-order valence-corrected chi connectivity index (χ4v) is 3.41. The summed E-state index contributed by atoms with van der Waals surface area (Å²) in [7, 11) is 0. The molecule has 2 aromatic heterocycles. The maximum atomic E-state index is 13.8. The topological polar surface area (TPSA) is 62.5 Å². The van der Waals surface area contributed by atoms with E-state index in [2.05, 4.69) is 20.5 Å². The molecular weight excluding hydrogens is 377 g/mol. The summed E-state index contributed by atoms with van der Waals surface area (Å²) in [4.78, 5) is 9.05. The zero-order valence-electron chi connectivity index (χ0n) is 14.5. The Labute approximate surface area is 164 Å². The Kier molecular flexibility index (Phi) is 3.98. The van der Waals surface area contributed by atoms with Gasteiger partial charge in [-0.3, -0.25) is 4.98 Å². The van der Waals surface area contributed by atoms with E-state index in [-0.39, 0.29) is 5.02 Å². The Hall–Kier alpha value is -3.38. The van der Waals surface area contributed by atoms with Crippen molar-refractivity contribution in [2.24, 2.45) is 10.2 Å². The van der Waals surface area contributed by atoms with E-state index in [1.54, 1.807) is 18.5 Å². The van der Waals surface area contributed by atoms with Gasteiger partial charge in [0.25, 0.3) is 0 Å². The molecule has 1 N–H and O–H groups in total. The minimum Gasteiger partial charge on any atom is -0.340 e. The third kappa shape index (κ3) is 2.88. The number of benzene rings is 2. The third-order valence-corrected chi connectivity index (χ3v) is 4.96. The molecule has 5 nitrogen and oxygen atoms in total. The first-order valence-corrected chi connectivity index (χ1v) is 9.05. The molecule has 1 aliphatic rings. The lowest BCUT2D eigenvalue weighted by Crippen LogP contribution is -2.00. The first-order chi connectivity index (χ1) is 13.7. The average Bonchev–Trinajstić information content (AvgIpc) is 3.25. The molecule has 4 aromatic rings. The second-order valence-electron chi connectivity index (χ2n) is 6.42. The lowest BCUT2D eigenvalue weighted by molar-refractivity contribution is 0.629. The number of aromatic nitrogens is 2. The Morgan fingerprint density at radius 3 is 2.75 bits per heavy atom. The van der Waals surface area contributed by atoms with E-state index < -0.39 is 5.82 Å². The van der Waals surface area contributed by atoms with Crippen molar-refractivity contribution in [3.8, 4) is 0 Å². The molecule has 0 spiro atoms. The predicted octanol–water partition coefficient (Wildman–Crippen LogP) is 5.50. The van der Waals surface area contributed by atoms with E-state index in [4.69, 9.17) is 16.6 Å². The maximum absolute atomic E-state index is 13.8. The molecule has 28 heavy (non-hydrogen) atoms. The van der Waals surface area contributed by atoms with Crippen molar-refractivity contribution in [2.45, 2.75) is 6.42 Å². The number of hydrogen-bond acceptors (Lipinski definition) is 5. The van der Waals surface area contributed by atoms with Gasteiger partial charge in [-0.2, -0.15) is 10.2 Å². The molecular formula is C21H13ClFN5. The van der Waals surface area contributed by atoms with Gasteiger partial charge in [0.15, 0.2) is 0 Å². The van der Waals surface area contributed by atoms with Gasteiger partial charge >= 0.3 is 0 Å². The molecule has 0 amide bonds. The highest BCUT2D eigenvalue weighted by molar-refractivity contribution is 6.30. The largest absolute Gasteiger partial charge is 0.340 e. The number of hydrogen-bond donors (Lipinski definition) is 1. The number of anilines is 2. The molecule has 7 heteroatoms. The lowest BCUT2D eigenvalue weighted by atomic mass is 10.0. The summed E-state index contributed by atoms with van der Waals surface area (Å²) >= 11 is 5.79. The normalized spacial score (nSPS) is 13.3. The molecule has 0 atom stereocenters. The summed E-state index contributed by atoms with van der Waals surface area (Å²) in [5, 5.41) is 14.2. The van der Waals surface area contributed by atoms with Crippen molar-refractivity contribution in [1.29, 1.82) is 0 Å². The molecule has 2 aromatic carbocycles. The van der Waals surface area contributed by atoms with Crippen LogP contribution < -0.4 is 5.32 Å². The van der Waals surface area contributed by atoms with Gasteiger partial charge in [-0.15, -0.1) is 0 Å². The molecule has 0 radical (unpaired) electrons. The average molecular weight is 390 g/mol. The Bertz CT molecular complexity index is 1300. The van der Waals surface area contributed by atoms with Crippen LogP contribution in [0.15, 0.2) is 65.1 Å². The van der Waals surface area contributed by atoms with Crippen LogP contribution in [0.25, 0.3) is 21.7 Å². The van der Waals surface area contributed by atoms with E-state index in [0.717, 1.165) is 33.0 Å². The Morgan fingerprint density at radius 2 is 1.93 bits per heavy atom. The molecule has 0 unspecified atom stereocenters. The van der Waals surface area contributed by atoms with Gasteiger partial charge in [-0.05, 0) is 30.3 Å². The fraction of sp³-hybridized carbons (Fsp3) is 0.0476. The SMILES string of the molecule is Fc1cc(Nc2nc3cc(C4=NN=CC4)ccc3c3cnccc23)ccc1Cl. The third-order valence-electron chi connectivity index (χ3n) is 4.66. The van der Waals surface area contributed by atoms with E-state index in [9.17, 15) is 4.39 Å². The number of fused-ring (bicyclic) bond motifs is 3. The van der Waals surface area contributed by atoms with E-state index in [1.807, 2.05) is 30.5 Å². The molecule has 0 aliphatic carbocycles. The number of rotatable bonds is 3. The molecule has 0 saturated carbocycles. The van der Waals surface area contributed by atoms with Crippen molar-refractivity contribution in [2.75, 3.05) is 5.32 Å². The molecule has 5 rings (SSSR count). The van der Waals surface area contributed by atoms with Crippen molar-refractivity contribution < 1.29 is 4.39 Å². The van der Waals surface area contributed by atoms with Gasteiger partial charge in [0.2, 0.25) is 0 Å². The zero-order chi connectivity index (χ0) is 19.1. The zero-order valence-corrected chi connectivity index (χ0v) is 15.3. The van der Waals surface area contributed by atoms with Crippen LogP contribution in [0.2, 0.25) is 5.02 Å². The highest BCUT2D eigenvalue weighted by atomic mass is 35.5. The van der Waals surface area contributed by atoms with Crippen LogP contribution in [0.3, 0.4) is 0 Å². The van der Waals surface area contributed by atoms with Crippen LogP contribution in [0.4, 0.5) is 15.9 Å². The van der Waals surface area contributed by atoms with Crippen molar-refractivity contribution in [3.05, 3.63) is 71.3 Å². The first-order valence-electron chi connectivity index (χ1n) is 8.67.